The van der Waals surface area contributed by atoms with E-state index in [1.165, 1.54) is 0 Å². The summed E-state index contributed by atoms with van der Waals surface area (Å²) in [6.45, 7) is 6.13. The molecule has 1 amide bonds. The number of nitrogens with zero attached hydrogens (tertiary/aromatic N) is 2. The van der Waals surface area contributed by atoms with Gasteiger partial charge in [0.1, 0.15) is 5.60 Å². The molecule has 1 heterocycles. The second-order valence-corrected chi connectivity index (χ2v) is 6.51. The zero-order valence-electron chi connectivity index (χ0n) is 14.3. The van der Waals surface area contributed by atoms with Crippen molar-refractivity contribution in [2.45, 2.75) is 39.3 Å². The Labute approximate surface area is 141 Å². The molecule has 0 radical (unpaired) electrons. The molecule has 0 saturated carbocycles. The van der Waals surface area contributed by atoms with Gasteiger partial charge in [0.05, 0.1) is 18.6 Å². The number of hydrogen-bond acceptors (Lipinski definition) is 4. The lowest BCUT2D eigenvalue weighted by Crippen LogP contribution is -2.33. The molecule has 6 nitrogen and oxygen atoms in total. The van der Waals surface area contributed by atoms with Crippen molar-refractivity contribution in [2.24, 2.45) is 0 Å². The molecule has 6 heteroatoms. The average Bonchev–Trinajstić information content (AvgIpc) is 2.93. The van der Waals surface area contributed by atoms with Gasteiger partial charge in [0, 0.05) is 24.7 Å². The zero-order valence-corrected chi connectivity index (χ0v) is 14.3. The van der Waals surface area contributed by atoms with Gasteiger partial charge in [-0.1, -0.05) is 30.3 Å². The van der Waals surface area contributed by atoms with Crippen LogP contribution < -0.4 is 5.32 Å². The fourth-order valence-corrected chi connectivity index (χ4v) is 2.11. The molecule has 24 heavy (non-hydrogen) atoms. The lowest BCUT2D eigenvalue weighted by molar-refractivity contribution is 0.0528. The minimum absolute atomic E-state index is 0.0337. The van der Waals surface area contributed by atoms with Crippen LogP contribution in [0.2, 0.25) is 0 Å². The Kier molecular flexibility index (Phi) is 5.73. The molecule has 0 bridgehead atoms. The Bertz CT molecular complexity index is 687. The van der Waals surface area contributed by atoms with Crippen LogP contribution in [0.3, 0.4) is 0 Å². The van der Waals surface area contributed by atoms with E-state index in [4.69, 9.17) is 4.74 Å². The summed E-state index contributed by atoms with van der Waals surface area (Å²) in [5.74, 6) is 0.0337. The molecule has 0 aliphatic rings. The molecule has 1 aromatic heterocycles. The number of ether oxygens (including phenoxy) is 1. The first-order valence-electron chi connectivity index (χ1n) is 7.89. The van der Waals surface area contributed by atoms with Crippen molar-refractivity contribution in [1.29, 1.82) is 0 Å². The number of Topliss-reactive ketones (excluding diaryl/α,β-unsaturated/α-hetero) is 1. The first-order chi connectivity index (χ1) is 11.3. The smallest absolute Gasteiger partial charge is 0.407 e. The predicted octanol–water partition coefficient (Wildman–Crippen LogP) is 2.83. The molecule has 128 valence electrons. The SMILES string of the molecule is CC(C)(C)OC(=O)NCCc1cn(CC(=O)c2ccccc2)cn1. The van der Waals surface area contributed by atoms with E-state index in [-0.39, 0.29) is 12.3 Å². The van der Waals surface area contributed by atoms with Crippen LogP contribution in [0.5, 0.6) is 0 Å². The number of nitrogens with one attached hydrogen (secondary N) is 1. The van der Waals surface area contributed by atoms with Crippen LogP contribution >= 0.6 is 0 Å². The molecule has 2 aromatic rings. The number of carbonyl (C=O) groups excluding carboxylic acids is 2. The van der Waals surface area contributed by atoms with Gasteiger partial charge in [0.15, 0.2) is 5.78 Å². The predicted molar refractivity (Wildman–Crippen MR) is 90.9 cm³/mol. The van der Waals surface area contributed by atoms with Crippen molar-refractivity contribution >= 4 is 11.9 Å². The fourth-order valence-electron chi connectivity index (χ4n) is 2.11. The number of rotatable bonds is 6. The molecule has 2 rings (SSSR count). The van der Waals surface area contributed by atoms with Crippen molar-refractivity contribution in [2.75, 3.05) is 6.54 Å². The van der Waals surface area contributed by atoms with Crippen molar-refractivity contribution in [3.8, 4) is 0 Å². The first kappa shape index (κ1) is 17.7. The highest BCUT2D eigenvalue weighted by atomic mass is 16.6. The van der Waals surface area contributed by atoms with Gasteiger partial charge >= 0.3 is 6.09 Å². The maximum atomic E-state index is 12.1. The molecule has 0 atom stereocenters. The second kappa shape index (κ2) is 7.77. The van der Waals surface area contributed by atoms with Gasteiger partial charge in [-0.3, -0.25) is 4.79 Å². The van der Waals surface area contributed by atoms with E-state index in [2.05, 4.69) is 10.3 Å². The number of carbonyl (C=O) groups is 2. The number of amides is 1. The monoisotopic (exact) mass is 329 g/mol. The van der Waals surface area contributed by atoms with Crippen LogP contribution in [0.25, 0.3) is 0 Å². The van der Waals surface area contributed by atoms with Gasteiger partial charge < -0.3 is 14.6 Å². The molecule has 0 fully saturated rings. The van der Waals surface area contributed by atoms with Crippen LogP contribution in [-0.4, -0.2) is 33.6 Å². The van der Waals surface area contributed by atoms with Gasteiger partial charge in [0.25, 0.3) is 0 Å². The van der Waals surface area contributed by atoms with Crippen molar-refractivity contribution < 1.29 is 14.3 Å². The summed E-state index contributed by atoms with van der Waals surface area (Å²) in [6.07, 6.45) is 3.58. The maximum Gasteiger partial charge on any atom is 0.407 e. The molecule has 0 aliphatic carbocycles. The summed E-state index contributed by atoms with van der Waals surface area (Å²) in [5, 5.41) is 2.69. The third-order valence-electron chi connectivity index (χ3n) is 3.16. The minimum Gasteiger partial charge on any atom is -0.444 e. The van der Waals surface area contributed by atoms with E-state index >= 15 is 0 Å². The van der Waals surface area contributed by atoms with E-state index in [1.807, 2.05) is 45.2 Å². The summed E-state index contributed by atoms with van der Waals surface area (Å²) >= 11 is 0. The van der Waals surface area contributed by atoms with Crippen LogP contribution in [0.4, 0.5) is 4.79 Å². The van der Waals surface area contributed by atoms with Gasteiger partial charge in [-0.05, 0) is 20.8 Å². The molecular weight excluding hydrogens is 306 g/mol. The summed E-state index contributed by atoms with van der Waals surface area (Å²) in [6, 6.07) is 9.16. The van der Waals surface area contributed by atoms with Crippen molar-refractivity contribution in [3.05, 3.63) is 54.1 Å². The third-order valence-corrected chi connectivity index (χ3v) is 3.16. The number of imidazole rings is 1. The Morgan fingerprint density at radius 2 is 1.92 bits per heavy atom. The number of hydrogen-bond donors (Lipinski definition) is 1. The van der Waals surface area contributed by atoms with Crippen molar-refractivity contribution in [1.82, 2.24) is 14.9 Å². The molecular formula is C18H23N3O3. The third kappa shape index (κ3) is 5.87. The zero-order chi connectivity index (χ0) is 17.6. The topological polar surface area (TPSA) is 73.2 Å². The minimum atomic E-state index is -0.510. The Morgan fingerprint density at radius 3 is 2.58 bits per heavy atom. The number of aromatic nitrogens is 2. The molecule has 0 aliphatic heterocycles. The summed E-state index contributed by atoms with van der Waals surface area (Å²) < 4.78 is 6.91. The van der Waals surface area contributed by atoms with E-state index in [0.717, 1.165) is 5.69 Å². The van der Waals surface area contributed by atoms with Crippen LogP contribution in [-0.2, 0) is 17.7 Å². The quantitative estimate of drug-likeness (QED) is 0.827. The molecule has 0 unspecified atom stereocenters. The number of benzene rings is 1. The highest BCUT2D eigenvalue weighted by Crippen LogP contribution is 2.07. The van der Waals surface area contributed by atoms with Crippen LogP contribution in [0.15, 0.2) is 42.9 Å². The van der Waals surface area contributed by atoms with E-state index in [0.29, 0.717) is 18.5 Å². The van der Waals surface area contributed by atoms with Gasteiger partial charge in [-0.15, -0.1) is 0 Å². The number of ketones is 1. The normalized spacial score (nSPS) is 11.1. The van der Waals surface area contributed by atoms with Crippen LogP contribution in [0.1, 0.15) is 36.8 Å². The first-order valence-corrected chi connectivity index (χ1v) is 7.89. The Morgan fingerprint density at radius 1 is 1.21 bits per heavy atom. The largest absolute Gasteiger partial charge is 0.444 e. The summed E-state index contributed by atoms with van der Waals surface area (Å²) in [7, 11) is 0. The van der Waals surface area contributed by atoms with Gasteiger partial charge in [-0.25, -0.2) is 9.78 Å². The van der Waals surface area contributed by atoms with Crippen molar-refractivity contribution in [3.63, 3.8) is 0 Å². The highest BCUT2D eigenvalue weighted by Gasteiger charge is 2.15. The van der Waals surface area contributed by atoms with E-state index < -0.39 is 11.7 Å². The lowest BCUT2D eigenvalue weighted by atomic mass is 10.1. The van der Waals surface area contributed by atoms with E-state index in [1.54, 1.807) is 23.0 Å². The molecule has 0 spiro atoms. The van der Waals surface area contributed by atoms with Gasteiger partial charge in [-0.2, -0.15) is 0 Å². The van der Waals surface area contributed by atoms with Crippen LogP contribution in [0, 0.1) is 0 Å². The lowest BCUT2D eigenvalue weighted by Gasteiger charge is -2.19. The standard InChI is InChI=1S/C18H23N3O3/c1-18(2,3)24-17(23)19-10-9-15-11-21(13-20-15)12-16(22)14-7-5-4-6-8-14/h4-8,11,13H,9-10,12H2,1-3H3,(H,19,23). The second-order valence-electron chi connectivity index (χ2n) is 6.51. The highest BCUT2D eigenvalue weighted by molar-refractivity contribution is 5.95. The summed E-state index contributed by atoms with van der Waals surface area (Å²) in [5.41, 5.74) is 0.981. The summed E-state index contributed by atoms with van der Waals surface area (Å²) in [4.78, 5) is 27.9. The van der Waals surface area contributed by atoms with E-state index in [9.17, 15) is 9.59 Å². The van der Waals surface area contributed by atoms with Gasteiger partial charge in [0.2, 0.25) is 0 Å². The maximum absolute atomic E-state index is 12.1. The Hall–Kier alpha value is -2.63. The average molecular weight is 329 g/mol. The fraction of sp³-hybridized carbons (Fsp3) is 0.389. The molecule has 1 N–H and O–H groups in total. The Balaban J connectivity index is 1.79. The molecule has 1 aromatic carbocycles. The molecule has 0 saturated heterocycles. The number of alkyl carbamates (subject to hydrolysis) is 1.